The zero-order valence-electron chi connectivity index (χ0n) is 9.64. The number of ether oxygens (including phenoxy) is 1. The first-order valence-electron chi connectivity index (χ1n) is 5.40. The van der Waals surface area contributed by atoms with E-state index in [2.05, 4.69) is 20.9 Å². The maximum atomic E-state index is 5.14. The highest BCUT2D eigenvalue weighted by Crippen LogP contribution is 2.13. The summed E-state index contributed by atoms with van der Waals surface area (Å²) in [4.78, 5) is 5.62. The van der Waals surface area contributed by atoms with Gasteiger partial charge >= 0.3 is 0 Å². The summed E-state index contributed by atoms with van der Waals surface area (Å²) in [5, 5.41) is 5.29. The maximum absolute atomic E-state index is 5.14. The van der Waals surface area contributed by atoms with Crippen LogP contribution in [0.2, 0.25) is 0 Å². The van der Waals surface area contributed by atoms with Gasteiger partial charge in [0.2, 0.25) is 0 Å². The van der Waals surface area contributed by atoms with E-state index in [4.69, 9.17) is 4.74 Å². The van der Waals surface area contributed by atoms with Gasteiger partial charge < -0.3 is 10.1 Å². The fourth-order valence-corrected chi connectivity index (χ4v) is 2.45. The number of methoxy groups -OCH3 is 1. The largest absolute Gasteiger partial charge is 0.383 e. The predicted molar refractivity (Wildman–Crippen MR) is 66.1 cm³/mol. The third-order valence-electron chi connectivity index (χ3n) is 2.67. The molecule has 16 heavy (non-hydrogen) atoms. The van der Waals surface area contributed by atoms with E-state index in [1.54, 1.807) is 18.4 Å². The molecule has 1 N–H and O–H groups in total. The Morgan fingerprint density at radius 2 is 2.50 bits per heavy atom. The average Bonchev–Trinajstić information content (AvgIpc) is 2.84. The second kappa shape index (κ2) is 5.43. The molecule has 0 radical (unpaired) electrons. The van der Waals surface area contributed by atoms with E-state index in [0.29, 0.717) is 6.04 Å². The summed E-state index contributed by atoms with van der Waals surface area (Å²) in [6.07, 6.45) is 6.19. The number of hydrogen-bond acceptors (Lipinski definition) is 4. The number of thiazole rings is 1. The molecular weight excluding hydrogens is 222 g/mol. The van der Waals surface area contributed by atoms with Crippen LogP contribution in [0.25, 0.3) is 4.96 Å². The SMILES string of the molecule is CNC(CCc1cn2ccsc2n1)COC. The smallest absolute Gasteiger partial charge is 0.193 e. The molecule has 88 valence electrons. The van der Waals surface area contributed by atoms with Crippen LogP contribution in [0.4, 0.5) is 0 Å². The number of aromatic nitrogens is 2. The van der Waals surface area contributed by atoms with Crippen molar-refractivity contribution in [1.82, 2.24) is 14.7 Å². The highest BCUT2D eigenvalue weighted by molar-refractivity contribution is 7.15. The van der Waals surface area contributed by atoms with Crippen LogP contribution in [-0.2, 0) is 11.2 Å². The Kier molecular flexibility index (Phi) is 3.93. The third-order valence-corrected chi connectivity index (χ3v) is 3.44. The van der Waals surface area contributed by atoms with Gasteiger partial charge in [-0.3, -0.25) is 4.40 Å². The number of likely N-dealkylation sites (N-methyl/N-ethyl adjacent to an activating group) is 1. The van der Waals surface area contributed by atoms with Crippen LogP contribution < -0.4 is 5.32 Å². The van der Waals surface area contributed by atoms with Gasteiger partial charge in [-0.25, -0.2) is 4.98 Å². The van der Waals surface area contributed by atoms with E-state index < -0.39 is 0 Å². The van der Waals surface area contributed by atoms with Gasteiger partial charge in [-0.05, 0) is 19.9 Å². The van der Waals surface area contributed by atoms with Gasteiger partial charge in [0.15, 0.2) is 4.96 Å². The monoisotopic (exact) mass is 239 g/mol. The quantitative estimate of drug-likeness (QED) is 0.831. The maximum Gasteiger partial charge on any atom is 0.193 e. The van der Waals surface area contributed by atoms with E-state index in [1.807, 2.05) is 18.6 Å². The van der Waals surface area contributed by atoms with Crippen molar-refractivity contribution in [3.05, 3.63) is 23.5 Å². The first kappa shape index (κ1) is 11.6. The van der Waals surface area contributed by atoms with Gasteiger partial charge in [-0.1, -0.05) is 0 Å². The molecule has 0 spiro atoms. The molecular formula is C11H17N3OS. The number of fused-ring (bicyclic) bond motifs is 1. The molecule has 0 saturated carbocycles. The van der Waals surface area contributed by atoms with Crippen LogP contribution in [0.3, 0.4) is 0 Å². The van der Waals surface area contributed by atoms with Crippen molar-refractivity contribution in [2.24, 2.45) is 0 Å². The van der Waals surface area contributed by atoms with Gasteiger partial charge in [0.25, 0.3) is 0 Å². The van der Waals surface area contributed by atoms with Crippen LogP contribution in [0.5, 0.6) is 0 Å². The molecule has 2 rings (SSSR count). The average molecular weight is 239 g/mol. The second-order valence-electron chi connectivity index (χ2n) is 3.80. The van der Waals surface area contributed by atoms with E-state index in [0.717, 1.165) is 30.1 Å². The molecule has 0 bridgehead atoms. The summed E-state index contributed by atoms with van der Waals surface area (Å²) < 4.78 is 7.22. The molecule has 4 nitrogen and oxygen atoms in total. The highest BCUT2D eigenvalue weighted by Gasteiger charge is 2.08. The zero-order valence-corrected chi connectivity index (χ0v) is 10.5. The predicted octanol–water partition coefficient (Wildman–Crippen LogP) is 1.56. The molecule has 0 aromatic carbocycles. The lowest BCUT2D eigenvalue weighted by Crippen LogP contribution is -2.30. The zero-order chi connectivity index (χ0) is 11.4. The fourth-order valence-electron chi connectivity index (χ4n) is 1.73. The number of hydrogen-bond donors (Lipinski definition) is 1. The van der Waals surface area contributed by atoms with Crippen molar-refractivity contribution < 1.29 is 4.74 Å². The van der Waals surface area contributed by atoms with Gasteiger partial charge in [0.1, 0.15) is 0 Å². The van der Waals surface area contributed by atoms with Crippen molar-refractivity contribution in [2.75, 3.05) is 20.8 Å². The van der Waals surface area contributed by atoms with E-state index in [1.165, 1.54) is 0 Å². The number of imidazole rings is 1. The van der Waals surface area contributed by atoms with Crippen molar-refractivity contribution in [1.29, 1.82) is 0 Å². The fraction of sp³-hybridized carbons (Fsp3) is 0.545. The minimum atomic E-state index is 0.407. The minimum absolute atomic E-state index is 0.407. The van der Waals surface area contributed by atoms with Crippen LogP contribution in [0.1, 0.15) is 12.1 Å². The lowest BCUT2D eigenvalue weighted by Gasteiger charge is -2.13. The summed E-state index contributed by atoms with van der Waals surface area (Å²) in [6, 6.07) is 0.407. The van der Waals surface area contributed by atoms with E-state index in [9.17, 15) is 0 Å². The van der Waals surface area contributed by atoms with E-state index in [-0.39, 0.29) is 0 Å². The Hall–Kier alpha value is -0.910. The molecule has 0 amide bonds. The Labute approximate surface area is 99.3 Å². The number of nitrogens with zero attached hydrogens (tertiary/aromatic N) is 2. The normalized spacial score (nSPS) is 13.4. The highest BCUT2D eigenvalue weighted by atomic mass is 32.1. The Balaban J connectivity index is 1.92. The topological polar surface area (TPSA) is 38.6 Å². The Bertz CT molecular complexity index is 409. The lowest BCUT2D eigenvalue weighted by molar-refractivity contribution is 0.166. The summed E-state index contributed by atoms with van der Waals surface area (Å²) in [5.41, 5.74) is 1.16. The van der Waals surface area contributed by atoms with Gasteiger partial charge in [-0.15, -0.1) is 11.3 Å². The molecule has 1 unspecified atom stereocenters. The second-order valence-corrected chi connectivity index (χ2v) is 4.68. The molecule has 0 aliphatic rings. The van der Waals surface area contributed by atoms with Crippen molar-refractivity contribution in [3.8, 4) is 0 Å². The molecule has 5 heteroatoms. The van der Waals surface area contributed by atoms with Crippen LogP contribution >= 0.6 is 11.3 Å². The third kappa shape index (κ3) is 2.61. The Morgan fingerprint density at radius 1 is 1.62 bits per heavy atom. The lowest BCUT2D eigenvalue weighted by atomic mass is 10.1. The Morgan fingerprint density at radius 3 is 3.19 bits per heavy atom. The minimum Gasteiger partial charge on any atom is -0.383 e. The summed E-state index contributed by atoms with van der Waals surface area (Å²) in [5.74, 6) is 0. The van der Waals surface area contributed by atoms with Crippen LogP contribution in [-0.4, -0.2) is 36.2 Å². The molecule has 0 aliphatic carbocycles. The number of rotatable bonds is 6. The van der Waals surface area contributed by atoms with Gasteiger partial charge in [-0.2, -0.15) is 0 Å². The first-order chi connectivity index (χ1) is 7.83. The van der Waals surface area contributed by atoms with Crippen molar-refractivity contribution in [2.45, 2.75) is 18.9 Å². The molecule has 0 aliphatic heterocycles. The van der Waals surface area contributed by atoms with Gasteiger partial charge in [0, 0.05) is 30.9 Å². The molecule has 1 atom stereocenters. The summed E-state index contributed by atoms with van der Waals surface area (Å²) in [7, 11) is 3.70. The first-order valence-corrected chi connectivity index (χ1v) is 6.28. The van der Waals surface area contributed by atoms with Crippen LogP contribution in [0, 0.1) is 0 Å². The van der Waals surface area contributed by atoms with E-state index >= 15 is 0 Å². The standard InChI is InChI=1S/C11H17N3OS/c1-12-10(8-15-2)4-3-9-7-14-5-6-16-11(14)13-9/h5-7,10,12H,3-4,8H2,1-2H3. The molecule has 2 aromatic heterocycles. The molecule has 0 saturated heterocycles. The van der Waals surface area contributed by atoms with Gasteiger partial charge in [0.05, 0.1) is 12.3 Å². The molecule has 0 fully saturated rings. The summed E-state index contributed by atoms with van der Waals surface area (Å²) >= 11 is 1.67. The van der Waals surface area contributed by atoms with Crippen LogP contribution in [0.15, 0.2) is 17.8 Å². The molecule has 2 aromatic rings. The van der Waals surface area contributed by atoms with Crippen molar-refractivity contribution in [3.63, 3.8) is 0 Å². The van der Waals surface area contributed by atoms with Crippen molar-refractivity contribution >= 4 is 16.3 Å². The number of nitrogens with one attached hydrogen (secondary N) is 1. The molecule has 2 heterocycles. The number of aryl methyl sites for hydroxylation is 1. The summed E-state index contributed by atoms with van der Waals surface area (Å²) in [6.45, 7) is 0.749.